The third-order valence-corrected chi connectivity index (χ3v) is 4.77. The van der Waals surface area contributed by atoms with Gasteiger partial charge in [-0.25, -0.2) is 0 Å². The predicted molar refractivity (Wildman–Crippen MR) is 88.5 cm³/mol. The molecule has 0 spiro atoms. The van der Waals surface area contributed by atoms with Gasteiger partial charge in [0.1, 0.15) is 0 Å². The maximum Gasteiger partial charge on any atom is 0.276 e. The molecule has 5 heteroatoms. The summed E-state index contributed by atoms with van der Waals surface area (Å²) in [6.07, 6.45) is 6.11. The van der Waals surface area contributed by atoms with E-state index in [1.165, 1.54) is 37.8 Å². The Morgan fingerprint density at radius 1 is 0.955 bits per heavy atom. The number of benzene rings is 1. The van der Waals surface area contributed by atoms with Crippen LogP contribution in [0.1, 0.15) is 37.7 Å². The van der Waals surface area contributed by atoms with E-state index in [1.54, 1.807) is 0 Å². The van der Waals surface area contributed by atoms with E-state index in [9.17, 15) is 4.79 Å². The van der Waals surface area contributed by atoms with Crippen molar-refractivity contribution in [2.75, 3.05) is 36.4 Å². The monoisotopic (exact) mass is 298 g/mol. The van der Waals surface area contributed by atoms with Gasteiger partial charge in [-0.2, -0.15) is 5.10 Å². The molecule has 3 aliphatic rings. The SMILES string of the molecule is O=C1Nc2cc(N3CCCC3)ccc2/C1=N\N1CCCCC1. The Morgan fingerprint density at radius 2 is 1.68 bits per heavy atom. The molecule has 0 bridgehead atoms. The van der Waals surface area contributed by atoms with Crippen molar-refractivity contribution in [2.24, 2.45) is 5.10 Å². The molecule has 0 saturated carbocycles. The van der Waals surface area contributed by atoms with Gasteiger partial charge in [-0.3, -0.25) is 9.80 Å². The van der Waals surface area contributed by atoms with Crippen LogP contribution in [0.2, 0.25) is 0 Å². The lowest BCUT2D eigenvalue weighted by Crippen LogP contribution is -2.28. The van der Waals surface area contributed by atoms with Gasteiger partial charge in [0.05, 0.1) is 5.69 Å². The third-order valence-electron chi connectivity index (χ3n) is 4.77. The van der Waals surface area contributed by atoms with Gasteiger partial charge in [0, 0.05) is 37.4 Å². The van der Waals surface area contributed by atoms with Crippen molar-refractivity contribution >= 4 is 23.0 Å². The highest BCUT2D eigenvalue weighted by atomic mass is 16.2. The highest BCUT2D eigenvalue weighted by molar-refractivity contribution is 6.53. The summed E-state index contributed by atoms with van der Waals surface area (Å²) in [5.74, 6) is -0.0702. The molecule has 1 N–H and O–H groups in total. The van der Waals surface area contributed by atoms with Gasteiger partial charge in [0.15, 0.2) is 5.71 Å². The predicted octanol–water partition coefficient (Wildman–Crippen LogP) is 2.43. The number of hydrogen-bond acceptors (Lipinski definition) is 4. The van der Waals surface area contributed by atoms with Crippen LogP contribution in [0, 0.1) is 0 Å². The summed E-state index contributed by atoms with van der Waals surface area (Å²) in [6, 6.07) is 6.26. The highest BCUT2D eigenvalue weighted by Crippen LogP contribution is 2.30. The first kappa shape index (κ1) is 13.6. The maximum atomic E-state index is 12.3. The minimum Gasteiger partial charge on any atom is -0.371 e. The number of rotatable bonds is 2. The van der Waals surface area contributed by atoms with Crippen molar-refractivity contribution in [3.63, 3.8) is 0 Å². The minimum absolute atomic E-state index is 0.0702. The number of amides is 1. The Hall–Kier alpha value is -2.04. The summed E-state index contributed by atoms with van der Waals surface area (Å²) >= 11 is 0. The first-order valence-electron chi connectivity index (χ1n) is 8.35. The van der Waals surface area contributed by atoms with Crippen LogP contribution in [-0.4, -0.2) is 42.8 Å². The molecule has 1 aromatic rings. The second kappa shape index (κ2) is 5.63. The van der Waals surface area contributed by atoms with Crippen LogP contribution >= 0.6 is 0 Å². The number of hydrogen-bond donors (Lipinski definition) is 1. The van der Waals surface area contributed by atoms with Crippen LogP contribution in [0.4, 0.5) is 11.4 Å². The molecule has 116 valence electrons. The average molecular weight is 298 g/mol. The van der Waals surface area contributed by atoms with E-state index < -0.39 is 0 Å². The van der Waals surface area contributed by atoms with Crippen LogP contribution in [-0.2, 0) is 4.79 Å². The molecule has 0 atom stereocenters. The number of fused-ring (bicyclic) bond motifs is 1. The largest absolute Gasteiger partial charge is 0.371 e. The van der Waals surface area contributed by atoms with E-state index in [1.807, 2.05) is 11.1 Å². The number of piperidine rings is 1. The zero-order chi connectivity index (χ0) is 14.9. The van der Waals surface area contributed by atoms with Gasteiger partial charge in [-0.15, -0.1) is 0 Å². The van der Waals surface area contributed by atoms with Crippen molar-refractivity contribution in [1.29, 1.82) is 0 Å². The molecular formula is C17H22N4O. The zero-order valence-electron chi connectivity index (χ0n) is 12.8. The van der Waals surface area contributed by atoms with Crippen molar-refractivity contribution < 1.29 is 4.79 Å². The molecule has 5 nitrogen and oxygen atoms in total. The van der Waals surface area contributed by atoms with Crippen LogP contribution in [0.5, 0.6) is 0 Å². The normalized spacial score (nSPS) is 23.1. The lowest BCUT2D eigenvalue weighted by Gasteiger charge is -2.24. The van der Waals surface area contributed by atoms with Gasteiger partial charge < -0.3 is 10.2 Å². The second-order valence-corrected chi connectivity index (χ2v) is 6.34. The Balaban J connectivity index is 1.61. The van der Waals surface area contributed by atoms with Crippen molar-refractivity contribution in [3.05, 3.63) is 23.8 Å². The van der Waals surface area contributed by atoms with Gasteiger partial charge in [0.2, 0.25) is 0 Å². The van der Waals surface area contributed by atoms with Gasteiger partial charge in [-0.1, -0.05) is 0 Å². The van der Waals surface area contributed by atoms with Crippen molar-refractivity contribution in [2.45, 2.75) is 32.1 Å². The molecule has 0 aromatic heterocycles. The van der Waals surface area contributed by atoms with Gasteiger partial charge in [-0.05, 0) is 50.3 Å². The van der Waals surface area contributed by atoms with E-state index in [0.717, 1.165) is 37.4 Å². The lowest BCUT2D eigenvalue weighted by molar-refractivity contribution is -0.110. The Labute approximate surface area is 131 Å². The average Bonchev–Trinajstić information content (AvgIpc) is 3.17. The molecule has 0 radical (unpaired) electrons. The van der Waals surface area contributed by atoms with Gasteiger partial charge >= 0.3 is 0 Å². The fourth-order valence-corrected chi connectivity index (χ4v) is 3.54. The molecule has 22 heavy (non-hydrogen) atoms. The number of carbonyl (C=O) groups excluding carboxylic acids is 1. The Kier molecular flexibility index (Phi) is 3.48. The number of nitrogens with zero attached hydrogens (tertiary/aromatic N) is 3. The van der Waals surface area contributed by atoms with E-state index in [0.29, 0.717) is 5.71 Å². The lowest BCUT2D eigenvalue weighted by atomic mass is 10.1. The molecule has 1 amide bonds. The number of carbonyl (C=O) groups is 1. The Morgan fingerprint density at radius 3 is 2.45 bits per heavy atom. The molecule has 3 aliphatic heterocycles. The van der Waals surface area contributed by atoms with Gasteiger partial charge in [0.25, 0.3) is 5.91 Å². The van der Waals surface area contributed by atoms with Crippen molar-refractivity contribution in [3.8, 4) is 0 Å². The second-order valence-electron chi connectivity index (χ2n) is 6.34. The molecule has 2 fully saturated rings. The number of hydrazone groups is 1. The van der Waals surface area contributed by atoms with E-state index >= 15 is 0 Å². The zero-order valence-corrected chi connectivity index (χ0v) is 12.8. The highest BCUT2D eigenvalue weighted by Gasteiger charge is 2.28. The van der Waals surface area contributed by atoms with Crippen LogP contribution < -0.4 is 10.2 Å². The van der Waals surface area contributed by atoms with E-state index in [-0.39, 0.29) is 5.91 Å². The van der Waals surface area contributed by atoms with E-state index in [4.69, 9.17) is 0 Å². The molecule has 2 saturated heterocycles. The Bertz CT molecular complexity index is 613. The first-order valence-corrected chi connectivity index (χ1v) is 8.35. The summed E-state index contributed by atoms with van der Waals surface area (Å²) in [4.78, 5) is 14.6. The van der Waals surface area contributed by atoms with Crippen molar-refractivity contribution in [1.82, 2.24) is 5.01 Å². The van der Waals surface area contributed by atoms with E-state index in [2.05, 4.69) is 27.5 Å². The maximum absolute atomic E-state index is 12.3. The molecule has 1 aromatic carbocycles. The summed E-state index contributed by atoms with van der Waals surface area (Å²) in [6.45, 7) is 4.14. The smallest absolute Gasteiger partial charge is 0.276 e. The molecule has 4 rings (SSSR count). The van der Waals surface area contributed by atoms with Crippen LogP contribution in [0.3, 0.4) is 0 Å². The quantitative estimate of drug-likeness (QED) is 0.912. The molecule has 0 unspecified atom stereocenters. The molecule has 3 heterocycles. The van der Waals surface area contributed by atoms with Crippen LogP contribution in [0.15, 0.2) is 23.3 Å². The first-order chi connectivity index (χ1) is 10.8. The third kappa shape index (κ3) is 2.45. The summed E-state index contributed by atoms with van der Waals surface area (Å²) < 4.78 is 0. The fourth-order valence-electron chi connectivity index (χ4n) is 3.54. The fraction of sp³-hybridized carbons (Fsp3) is 0.529. The topological polar surface area (TPSA) is 47.9 Å². The number of anilines is 2. The summed E-state index contributed by atoms with van der Waals surface area (Å²) in [5, 5.41) is 9.63. The number of nitrogens with one attached hydrogen (secondary N) is 1. The summed E-state index contributed by atoms with van der Waals surface area (Å²) in [7, 11) is 0. The standard InChI is InChI=1S/C17H22N4O/c22-17-16(19-21-10-2-1-3-11-21)14-7-6-13(12-15(14)18-17)20-8-4-5-9-20/h6-7,12H,1-5,8-11H2,(H,18,19,22). The molecular weight excluding hydrogens is 276 g/mol. The summed E-state index contributed by atoms with van der Waals surface area (Å²) in [5.41, 5.74) is 3.63. The minimum atomic E-state index is -0.0702. The van der Waals surface area contributed by atoms with Crippen LogP contribution in [0.25, 0.3) is 0 Å². The molecule has 0 aliphatic carbocycles.